The standard InChI is InChI=1S/C37H41NO10/c1-43-29-19-17-28(18-20-29)38-37(42)48-31-30(23-39)45-36(44-2)33-32(31)46-34(40)26(21-24-11-5-3-6-12-24)15-9-10-16-27(35(41)47-33)22-25-13-7-4-8-14-25/h3-14,17-20,26-27,30-33,36,39H,15-16,21-23H2,1-2H3,(H,38,42)/b10-9-/t26-,27-,30-,31-,32+,33-,36+/m1/s1. The number of anilines is 1. The number of benzene rings is 3. The third kappa shape index (κ3) is 9.00. The molecular weight excluding hydrogens is 618 g/mol. The van der Waals surface area contributed by atoms with Crippen LogP contribution in [0.2, 0.25) is 0 Å². The highest BCUT2D eigenvalue weighted by atomic mass is 16.7. The van der Waals surface area contributed by atoms with Crippen molar-refractivity contribution in [1.29, 1.82) is 0 Å². The van der Waals surface area contributed by atoms with Crippen LogP contribution in [0.5, 0.6) is 5.75 Å². The van der Waals surface area contributed by atoms with Crippen molar-refractivity contribution in [3.8, 4) is 5.75 Å². The Kier molecular flexibility index (Phi) is 12.2. The Morgan fingerprint density at radius 2 is 1.33 bits per heavy atom. The summed E-state index contributed by atoms with van der Waals surface area (Å²) in [5, 5.41) is 13.0. The van der Waals surface area contributed by atoms with Crippen molar-refractivity contribution in [3.63, 3.8) is 0 Å². The van der Waals surface area contributed by atoms with Crippen molar-refractivity contribution in [2.75, 3.05) is 26.1 Å². The number of amides is 1. The quantitative estimate of drug-likeness (QED) is 0.186. The first kappa shape index (κ1) is 34.6. The van der Waals surface area contributed by atoms with E-state index in [1.165, 1.54) is 14.2 Å². The average Bonchev–Trinajstić information content (AvgIpc) is 3.11. The summed E-state index contributed by atoms with van der Waals surface area (Å²) in [5.74, 6) is -1.76. The van der Waals surface area contributed by atoms with E-state index in [0.29, 0.717) is 37.1 Å². The van der Waals surface area contributed by atoms with Crippen LogP contribution in [0.3, 0.4) is 0 Å². The van der Waals surface area contributed by atoms with Gasteiger partial charge in [0.25, 0.3) is 0 Å². The summed E-state index contributed by atoms with van der Waals surface area (Å²) in [6.45, 7) is -0.609. The zero-order valence-corrected chi connectivity index (χ0v) is 26.9. The molecule has 7 atom stereocenters. The van der Waals surface area contributed by atoms with Gasteiger partial charge < -0.3 is 33.5 Å². The molecule has 0 aromatic heterocycles. The predicted molar refractivity (Wildman–Crippen MR) is 175 cm³/mol. The molecular formula is C37H41NO10. The number of aliphatic hydroxyl groups is 1. The molecule has 0 aliphatic carbocycles. The maximum Gasteiger partial charge on any atom is 0.412 e. The summed E-state index contributed by atoms with van der Waals surface area (Å²) in [7, 11) is 2.88. The Hall–Kier alpha value is -4.71. The van der Waals surface area contributed by atoms with Crippen molar-refractivity contribution in [2.24, 2.45) is 11.8 Å². The molecule has 2 N–H and O–H groups in total. The van der Waals surface area contributed by atoms with Crippen LogP contribution in [-0.4, -0.2) is 74.7 Å². The fraction of sp³-hybridized carbons (Fsp3) is 0.378. The van der Waals surface area contributed by atoms with E-state index in [4.69, 9.17) is 28.4 Å². The first-order chi connectivity index (χ1) is 23.4. The molecule has 254 valence electrons. The van der Waals surface area contributed by atoms with Crippen LogP contribution in [0.1, 0.15) is 24.0 Å². The van der Waals surface area contributed by atoms with Crippen molar-refractivity contribution in [1.82, 2.24) is 0 Å². The summed E-state index contributed by atoms with van der Waals surface area (Å²) in [6, 6.07) is 25.7. The molecule has 1 amide bonds. The Morgan fingerprint density at radius 1 is 0.792 bits per heavy atom. The van der Waals surface area contributed by atoms with Crippen LogP contribution in [0.15, 0.2) is 97.1 Å². The number of ether oxygens (including phenoxy) is 6. The fourth-order valence-corrected chi connectivity index (χ4v) is 5.87. The topological polar surface area (TPSA) is 139 Å². The molecule has 1 fully saturated rings. The molecule has 11 nitrogen and oxygen atoms in total. The molecule has 0 spiro atoms. The number of esters is 2. The zero-order valence-electron chi connectivity index (χ0n) is 26.9. The van der Waals surface area contributed by atoms with Gasteiger partial charge >= 0.3 is 18.0 Å². The van der Waals surface area contributed by atoms with Gasteiger partial charge in [-0.25, -0.2) is 4.79 Å². The zero-order chi connectivity index (χ0) is 33.9. The van der Waals surface area contributed by atoms with Crippen molar-refractivity contribution >= 4 is 23.7 Å². The molecule has 2 aliphatic heterocycles. The van der Waals surface area contributed by atoms with Crippen molar-refractivity contribution < 1.29 is 47.9 Å². The Balaban J connectivity index is 1.48. The summed E-state index contributed by atoms with van der Waals surface area (Å²) in [5.41, 5.74) is 2.29. The summed E-state index contributed by atoms with van der Waals surface area (Å²) in [6.07, 6.45) is -2.13. The van der Waals surface area contributed by atoms with E-state index in [-0.39, 0.29) is 0 Å². The largest absolute Gasteiger partial charge is 0.497 e. The highest BCUT2D eigenvalue weighted by Crippen LogP contribution is 2.32. The van der Waals surface area contributed by atoms with E-state index in [1.54, 1.807) is 24.3 Å². The van der Waals surface area contributed by atoms with Gasteiger partial charge in [-0.15, -0.1) is 0 Å². The number of carbonyl (C=O) groups is 3. The van der Waals surface area contributed by atoms with E-state index in [1.807, 2.05) is 72.8 Å². The molecule has 2 heterocycles. The molecule has 5 rings (SSSR count). The smallest absolute Gasteiger partial charge is 0.412 e. The number of rotatable bonds is 9. The van der Waals surface area contributed by atoms with Crippen LogP contribution < -0.4 is 10.1 Å². The van der Waals surface area contributed by atoms with Crippen LogP contribution in [0, 0.1) is 11.8 Å². The molecule has 0 radical (unpaired) electrons. The van der Waals surface area contributed by atoms with Gasteiger partial charge in [-0.3, -0.25) is 14.9 Å². The second-order valence-corrected chi connectivity index (χ2v) is 11.7. The molecule has 1 saturated heterocycles. The molecule has 48 heavy (non-hydrogen) atoms. The molecule has 2 aliphatic rings. The molecule has 0 bridgehead atoms. The summed E-state index contributed by atoms with van der Waals surface area (Å²) < 4.78 is 34.7. The third-order valence-corrected chi connectivity index (χ3v) is 8.41. The van der Waals surface area contributed by atoms with Crippen LogP contribution >= 0.6 is 0 Å². The minimum absolute atomic E-state index is 0.343. The van der Waals surface area contributed by atoms with Crippen molar-refractivity contribution in [2.45, 2.75) is 56.4 Å². The van der Waals surface area contributed by atoms with Crippen molar-refractivity contribution in [3.05, 3.63) is 108 Å². The minimum Gasteiger partial charge on any atom is -0.497 e. The third-order valence-electron chi connectivity index (χ3n) is 8.41. The summed E-state index contributed by atoms with van der Waals surface area (Å²) in [4.78, 5) is 41.0. The second kappa shape index (κ2) is 16.9. The Labute approximate surface area is 279 Å². The van der Waals surface area contributed by atoms with Crippen LogP contribution in [0.4, 0.5) is 10.5 Å². The van der Waals surface area contributed by atoms with Gasteiger partial charge in [0.2, 0.25) is 0 Å². The summed E-state index contributed by atoms with van der Waals surface area (Å²) >= 11 is 0. The second-order valence-electron chi connectivity index (χ2n) is 11.7. The number of allylic oxidation sites excluding steroid dienone is 2. The lowest BCUT2D eigenvalue weighted by molar-refractivity contribution is -0.300. The number of hydrogen-bond acceptors (Lipinski definition) is 10. The average molecular weight is 660 g/mol. The van der Waals surface area contributed by atoms with Gasteiger partial charge in [0.15, 0.2) is 24.6 Å². The van der Waals surface area contributed by atoms with Gasteiger partial charge in [0.1, 0.15) is 11.9 Å². The Morgan fingerprint density at radius 3 is 1.83 bits per heavy atom. The highest BCUT2D eigenvalue weighted by molar-refractivity contribution is 5.85. The number of hydrogen-bond donors (Lipinski definition) is 2. The number of aliphatic hydroxyl groups excluding tert-OH is 1. The number of fused-ring (bicyclic) bond motifs is 1. The maximum atomic E-state index is 13.9. The Bertz CT molecular complexity index is 1510. The van der Waals surface area contributed by atoms with E-state index in [0.717, 1.165) is 11.1 Å². The molecule has 0 saturated carbocycles. The number of carbonyl (C=O) groups excluding carboxylic acids is 3. The van der Waals surface area contributed by atoms with E-state index < -0.39 is 67.2 Å². The minimum atomic E-state index is -1.38. The van der Waals surface area contributed by atoms with Gasteiger partial charge in [-0.2, -0.15) is 0 Å². The molecule has 3 aromatic carbocycles. The highest BCUT2D eigenvalue weighted by Gasteiger charge is 2.53. The monoisotopic (exact) mass is 659 g/mol. The van der Waals surface area contributed by atoms with E-state index in [2.05, 4.69) is 5.32 Å². The lowest BCUT2D eigenvalue weighted by Crippen LogP contribution is -2.63. The lowest BCUT2D eigenvalue weighted by Gasteiger charge is -2.44. The number of nitrogens with one attached hydrogen (secondary N) is 1. The molecule has 11 heteroatoms. The number of methoxy groups -OCH3 is 2. The normalized spacial score (nSPS) is 26.8. The van der Waals surface area contributed by atoms with E-state index >= 15 is 0 Å². The SMILES string of the molecule is COc1ccc(NC(=O)O[C@H]2[C@@H]3OC(=O)[C@@H](Cc4ccccc4)C/C=C\C[C@H](Cc4ccccc4)C(=O)O[C@H]3[C@@H](OC)O[C@@H]2CO)cc1. The van der Waals surface area contributed by atoms with Gasteiger partial charge in [0.05, 0.1) is 25.6 Å². The van der Waals surface area contributed by atoms with Crippen LogP contribution in [0.25, 0.3) is 0 Å². The van der Waals surface area contributed by atoms with Gasteiger partial charge in [-0.1, -0.05) is 72.8 Å². The predicted octanol–water partition coefficient (Wildman–Crippen LogP) is 4.87. The fourth-order valence-electron chi connectivity index (χ4n) is 5.87. The maximum absolute atomic E-state index is 13.9. The van der Waals surface area contributed by atoms with Crippen LogP contribution in [-0.2, 0) is 46.1 Å². The van der Waals surface area contributed by atoms with Gasteiger partial charge in [0, 0.05) is 12.8 Å². The molecule has 0 unspecified atom stereocenters. The van der Waals surface area contributed by atoms with Gasteiger partial charge in [-0.05, 0) is 61.1 Å². The first-order valence-electron chi connectivity index (χ1n) is 15.9. The first-order valence-corrected chi connectivity index (χ1v) is 15.9. The molecule has 3 aromatic rings. The van der Waals surface area contributed by atoms with E-state index in [9.17, 15) is 19.5 Å². The lowest BCUT2D eigenvalue weighted by atomic mass is 9.92.